The van der Waals surface area contributed by atoms with E-state index in [1.165, 1.54) is 24.6 Å². The number of aromatic nitrogens is 1. The van der Waals surface area contributed by atoms with E-state index >= 15 is 0 Å². The number of rotatable bonds is 3. The fraction of sp³-hybridized carbons (Fsp3) is 0.214. The number of carbonyl (C=O) groups excluding carboxylic acids is 1. The summed E-state index contributed by atoms with van der Waals surface area (Å²) < 4.78 is 4.82. The van der Waals surface area contributed by atoms with Gasteiger partial charge in [-0.15, -0.1) is 11.3 Å². The highest BCUT2D eigenvalue weighted by molar-refractivity contribution is 7.80. The summed E-state index contributed by atoms with van der Waals surface area (Å²) in [6.07, 6.45) is 1.52. The number of esters is 1. The number of nitrogens with one attached hydrogen (secondary N) is 2. The summed E-state index contributed by atoms with van der Waals surface area (Å²) >= 11 is 12.5. The molecule has 0 fully saturated rings. The maximum absolute atomic E-state index is 11.9. The van der Waals surface area contributed by atoms with Crippen molar-refractivity contribution in [1.29, 1.82) is 0 Å². The van der Waals surface area contributed by atoms with Gasteiger partial charge in [0.15, 0.2) is 5.11 Å². The van der Waals surface area contributed by atoms with Gasteiger partial charge in [-0.05, 0) is 43.8 Å². The fourth-order valence-corrected chi connectivity index (χ4v) is 3.20. The minimum atomic E-state index is -0.392. The number of thiocarbonyl (C=S) groups is 1. The van der Waals surface area contributed by atoms with Crippen LogP contribution in [0.3, 0.4) is 0 Å². The number of anilines is 2. The minimum absolute atomic E-state index is 0.334. The average Bonchev–Trinajstić information content (AvgIpc) is 2.75. The fourth-order valence-electron chi connectivity index (χ4n) is 1.76. The van der Waals surface area contributed by atoms with Crippen LogP contribution in [0.15, 0.2) is 18.3 Å². The zero-order valence-electron chi connectivity index (χ0n) is 12.2. The van der Waals surface area contributed by atoms with Crippen molar-refractivity contribution in [1.82, 2.24) is 4.98 Å². The lowest BCUT2D eigenvalue weighted by atomic mass is 10.1. The Morgan fingerprint density at radius 2 is 2.09 bits per heavy atom. The summed E-state index contributed by atoms with van der Waals surface area (Å²) in [7, 11) is 1.35. The molecule has 0 atom stereocenters. The van der Waals surface area contributed by atoms with Gasteiger partial charge < -0.3 is 15.4 Å². The molecule has 116 valence electrons. The smallest absolute Gasteiger partial charge is 0.341 e. The maximum Gasteiger partial charge on any atom is 0.341 e. The molecule has 0 aliphatic rings. The van der Waals surface area contributed by atoms with Crippen LogP contribution in [-0.2, 0) is 4.74 Å². The number of thiophene rings is 1. The monoisotopic (exact) mass is 355 g/mol. The molecule has 0 amide bonds. The Labute approximate surface area is 142 Å². The molecule has 2 rings (SSSR count). The van der Waals surface area contributed by atoms with Gasteiger partial charge in [-0.2, -0.15) is 0 Å². The van der Waals surface area contributed by atoms with E-state index in [2.05, 4.69) is 15.6 Å². The summed E-state index contributed by atoms with van der Waals surface area (Å²) in [5.74, 6) is 0.170. The van der Waals surface area contributed by atoms with Gasteiger partial charge in [0, 0.05) is 11.1 Å². The van der Waals surface area contributed by atoms with Crippen molar-refractivity contribution in [2.75, 3.05) is 17.7 Å². The maximum atomic E-state index is 11.9. The predicted octanol–water partition coefficient (Wildman–Crippen LogP) is 4.01. The molecule has 8 heteroatoms. The first-order valence-corrected chi connectivity index (χ1v) is 7.90. The number of hydrogen-bond acceptors (Lipinski definition) is 5. The molecule has 0 aliphatic heterocycles. The topological polar surface area (TPSA) is 63.2 Å². The molecule has 0 spiro atoms. The second-order valence-corrected chi connectivity index (χ2v) is 6.49. The predicted molar refractivity (Wildman–Crippen MR) is 94.2 cm³/mol. The van der Waals surface area contributed by atoms with Crippen LogP contribution in [0.5, 0.6) is 0 Å². The second-order valence-electron chi connectivity index (χ2n) is 4.42. The van der Waals surface area contributed by atoms with Gasteiger partial charge >= 0.3 is 5.97 Å². The van der Waals surface area contributed by atoms with Crippen molar-refractivity contribution in [3.8, 4) is 0 Å². The molecule has 0 bridgehead atoms. The van der Waals surface area contributed by atoms with Crippen LogP contribution in [0.4, 0.5) is 10.8 Å². The van der Waals surface area contributed by atoms with Crippen LogP contribution >= 0.6 is 35.2 Å². The molecule has 0 unspecified atom stereocenters. The lowest BCUT2D eigenvalue weighted by molar-refractivity contribution is 0.0601. The molecular weight excluding hydrogens is 342 g/mol. The van der Waals surface area contributed by atoms with Crippen LogP contribution in [-0.4, -0.2) is 23.2 Å². The van der Waals surface area contributed by atoms with Gasteiger partial charge in [-0.1, -0.05) is 11.6 Å². The van der Waals surface area contributed by atoms with Gasteiger partial charge in [0.25, 0.3) is 0 Å². The zero-order chi connectivity index (χ0) is 16.3. The molecule has 5 nitrogen and oxygen atoms in total. The van der Waals surface area contributed by atoms with Crippen molar-refractivity contribution in [2.45, 2.75) is 13.8 Å². The highest BCUT2D eigenvalue weighted by Gasteiger charge is 2.20. The number of nitrogens with zero attached hydrogens (tertiary/aromatic N) is 1. The van der Waals surface area contributed by atoms with Crippen molar-refractivity contribution in [2.24, 2.45) is 0 Å². The Kier molecular flexibility index (Phi) is 5.33. The lowest BCUT2D eigenvalue weighted by Gasteiger charge is -2.10. The van der Waals surface area contributed by atoms with Crippen molar-refractivity contribution >= 4 is 57.1 Å². The number of halogens is 1. The standard InChI is InChI=1S/C14H14ClN3O2S2/c1-7-8(2)22-12(11(7)13(19)20-3)18-14(21)17-10-5-4-9(15)6-16-10/h4-6H,1-3H3,(H2,16,17,18,21). The molecule has 0 saturated heterocycles. The largest absolute Gasteiger partial charge is 0.465 e. The third-order valence-electron chi connectivity index (χ3n) is 2.97. The molecule has 2 aromatic rings. The van der Waals surface area contributed by atoms with E-state index in [0.29, 0.717) is 26.5 Å². The van der Waals surface area contributed by atoms with E-state index in [4.69, 9.17) is 28.6 Å². The summed E-state index contributed by atoms with van der Waals surface area (Å²) in [5.41, 5.74) is 1.38. The number of methoxy groups -OCH3 is 1. The summed E-state index contributed by atoms with van der Waals surface area (Å²) in [4.78, 5) is 17.0. The van der Waals surface area contributed by atoms with E-state index in [1.54, 1.807) is 12.1 Å². The van der Waals surface area contributed by atoms with Crippen LogP contribution in [0, 0.1) is 13.8 Å². The number of aryl methyl sites for hydroxylation is 1. The molecular formula is C14H14ClN3O2S2. The minimum Gasteiger partial charge on any atom is -0.465 e. The second kappa shape index (κ2) is 7.04. The molecule has 0 saturated carbocycles. The third-order valence-corrected chi connectivity index (χ3v) is 4.52. The van der Waals surface area contributed by atoms with Crippen LogP contribution in [0.25, 0.3) is 0 Å². The van der Waals surface area contributed by atoms with E-state index in [0.717, 1.165) is 10.4 Å². The SMILES string of the molecule is COC(=O)c1c(NC(=S)Nc2ccc(Cl)cn2)sc(C)c1C. The quantitative estimate of drug-likeness (QED) is 0.640. The number of pyridine rings is 1. The number of carbonyl (C=O) groups is 1. The highest BCUT2D eigenvalue weighted by Crippen LogP contribution is 2.33. The Balaban J connectivity index is 2.16. The van der Waals surface area contributed by atoms with E-state index < -0.39 is 5.97 Å². The summed E-state index contributed by atoms with van der Waals surface area (Å²) in [6.45, 7) is 3.81. The van der Waals surface area contributed by atoms with Gasteiger partial charge in [0.1, 0.15) is 10.8 Å². The highest BCUT2D eigenvalue weighted by atomic mass is 35.5. The normalized spacial score (nSPS) is 10.2. The Bertz CT molecular complexity index is 714. The molecule has 2 N–H and O–H groups in total. The molecule has 2 heterocycles. The van der Waals surface area contributed by atoms with Gasteiger partial charge in [-0.3, -0.25) is 0 Å². The number of ether oxygens (including phenoxy) is 1. The average molecular weight is 356 g/mol. The van der Waals surface area contributed by atoms with Crippen molar-refractivity contribution < 1.29 is 9.53 Å². The zero-order valence-corrected chi connectivity index (χ0v) is 14.6. The first-order valence-electron chi connectivity index (χ1n) is 6.30. The molecule has 2 aromatic heterocycles. The van der Waals surface area contributed by atoms with E-state index in [-0.39, 0.29) is 0 Å². The summed E-state index contributed by atoms with van der Waals surface area (Å²) in [6, 6.07) is 3.42. The van der Waals surface area contributed by atoms with Crippen LogP contribution in [0.2, 0.25) is 5.02 Å². The molecule has 22 heavy (non-hydrogen) atoms. The van der Waals surface area contributed by atoms with Crippen LogP contribution in [0.1, 0.15) is 20.8 Å². The number of hydrogen-bond donors (Lipinski definition) is 2. The summed E-state index contributed by atoms with van der Waals surface area (Å²) in [5, 5.41) is 7.48. The Hall–Kier alpha value is -1.70. The van der Waals surface area contributed by atoms with Crippen molar-refractivity contribution in [3.05, 3.63) is 39.4 Å². The van der Waals surface area contributed by atoms with Gasteiger partial charge in [0.05, 0.1) is 17.7 Å². The van der Waals surface area contributed by atoms with E-state index in [1.807, 2.05) is 13.8 Å². The Morgan fingerprint density at radius 1 is 1.36 bits per heavy atom. The molecule has 0 aromatic carbocycles. The first-order chi connectivity index (χ1) is 10.4. The van der Waals surface area contributed by atoms with Crippen molar-refractivity contribution in [3.63, 3.8) is 0 Å². The van der Waals surface area contributed by atoms with Gasteiger partial charge in [-0.25, -0.2) is 9.78 Å². The van der Waals surface area contributed by atoms with Crippen LogP contribution < -0.4 is 10.6 Å². The third kappa shape index (κ3) is 3.73. The first kappa shape index (κ1) is 16.7. The molecule has 0 radical (unpaired) electrons. The Morgan fingerprint density at radius 3 is 2.68 bits per heavy atom. The van der Waals surface area contributed by atoms with E-state index in [9.17, 15) is 4.79 Å². The lowest BCUT2D eigenvalue weighted by Crippen LogP contribution is -2.20. The van der Waals surface area contributed by atoms with Gasteiger partial charge in [0.2, 0.25) is 0 Å². The molecule has 0 aliphatic carbocycles.